The second-order valence-electron chi connectivity index (χ2n) is 8.53. The maximum Gasteiger partial charge on any atom is 0.325 e. The molecule has 0 saturated carbocycles. The van der Waals surface area contributed by atoms with Crippen molar-refractivity contribution in [3.63, 3.8) is 0 Å². The molecule has 9 heteroatoms. The summed E-state index contributed by atoms with van der Waals surface area (Å²) in [6, 6.07) is 16.6. The first-order valence-electron chi connectivity index (χ1n) is 11.9. The third-order valence-corrected chi connectivity index (χ3v) is 6.02. The molecule has 3 aromatic carbocycles. The first-order chi connectivity index (χ1) is 18.4. The molecule has 0 spiro atoms. The predicted octanol–water partition coefficient (Wildman–Crippen LogP) is 3.68. The Kier molecular flexibility index (Phi) is 8.36. The highest BCUT2D eigenvalue weighted by Gasteiger charge is 2.45. The van der Waals surface area contributed by atoms with E-state index < -0.39 is 35.7 Å². The summed E-state index contributed by atoms with van der Waals surface area (Å²) in [6.07, 6.45) is 5.35. The molecule has 0 aliphatic carbocycles. The lowest BCUT2D eigenvalue weighted by Crippen LogP contribution is -2.49. The van der Waals surface area contributed by atoms with Crippen molar-refractivity contribution < 1.29 is 28.2 Å². The van der Waals surface area contributed by atoms with Crippen molar-refractivity contribution in [1.29, 1.82) is 0 Å². The summed E-state index contributed by atoms with van der Waals surface area (Å²) >= 11 is 0. The Labute approximate surface area is 219 Å². The minimum atomic E-state index is -1.24. The zero-order valence-corrected chi connectivity index (χ0v) is 20.6. The number of methoxy groups -OCH3 is 1. The van der Waals surface area contributed by atoms with Gasteiger partial charge in [0.25, 0.3) is 5.91 Å². The fraction of sp³-hybridized carbons (Fsp3) is 0.207. The van der Waals surface area contributed by atoms with Crippen LogP contribution in [0.15, 0.2) is 72.8 Å². The number of hydrogen-bond acceptors (Lipinski definition) is 5. The maximum absolute atomic E-state index is 14.5. The van der Waals surface area contributed by atoms with E-state index in [0.717, 1.165) is 16.5 Å². The highest BCUT2D eigenvalue weighted by atomic mass is 19.1. The molecular weight excluding hydrogens is 489 g/mol. The summed E-state index contributed by atoms with van der Waals surface area (Å²) in [4.78, 5) is 40.8. The number of rotatable bonds is 10. The van der Waals surface area contributed by atoms with Crippen LogP contribution in [0.1, 0.15) is 22.7 Å². The van der Waals surface area contributed by atoms with E-state index in [9.17, 15) is 18.8 Å². The Hall–Kier alpha value is -4.68. The van der Waals surface area contributed by atoms with Crippen LogP contribution >= 0.6 is 0 Å². The summed E-state index contributed by atoms with van der Waals surface area (Å²) in [6.45, 7) is 0.793. The molecule has 4 rings (SSSR count). The van der Waals surface area contributed by atoms with Crippen LogP contribution in [0.4, 0.5) is 14.9 Å². The van der Waals surface area contributed by atoms with Crippen molar-refractivity contribution in [1.82, 2.24) is 10.2 Å². The van der Waals surface area contributed by atoms with Gasteiger partial charge in [-0.1, -0.05) is 48.4 Å². The number of anilines is 1. The number of carbonyl (C=O) groups excluding carboxylic acids is 3. The average molecular weight is 516 g/mol. The number of carbonyl (C=O) groups is 3. The summed E-state index contributed by atoms with van der Waals surface area (Å²) in [5, 5.41) is 5.16. The van der Waals surface area contributed by atoms with E-state index in [-0.39, 0.29) is 12.1 Å². The van der Waals surface area contributed by atoms with Crippen LogP contribution in [0.2, 0.25) is 0 Å². The molecule has 1 saturated heterocycles. The summed E-state index contributed by atoms with van der Waals surface area (Å²) < 4.78 is 25.1. The van der Waals surface area contributed by atoms with E-state index in [4.69, 9.17) is 15.9 Å². The van der Waals surface area contributed by atoms with Gasteiger partial charge in [-0.3, -0.25) is 9.59 Å². The Morgan fingerprint density at radius 3 is 2.50 bits per heavy atom. The molecule has 2 N–H and O–H groups in total. The highest BCUT2D eigenvalue weighted by Crippen LogP contribution is 2.27. The molecule has 2 unspecified atom stereocenters. The molecule has 1 aliphatic rings. The molecule has 1 fully saturated rings. The van der Waals surface area contributed by atoms with Gasteiger partial charge in [-0.25, -0.2) is 14.1 Å². The summed E-state index contributed by atoms with van der Waals surface area (Å²) in [5.41, 5.74) is 1.45. The molecule has 194 valence electrons. The van der Waals surface area contributed by atoms with Crippen LogP contribution < -0.4 is 15.4 Å². The lowest BCUT2D eigenvalue weighted by atomic mass is 10.0. The number of terminal acetylenes is 1. The average Bonchev–Trinajstić information content (AvgIpc) is 3.22. The minimum Gasteiger partial charge on any atom is -0.491 e. The third kappa shape index (κ3) is 5.99. The number of benzene rings is 3. The van der Waals surface area contributed by atoms with Gasteiger partial charge in [0.1, 0.15) is 30.3 Å². The van der Waals surface area contributed by atoms with Gasteiger partial charge in [0.05, 0.1) is 12.3 Å². The molecule has 1 aliphatic heterocycles. The second-order valence-corrected chi connectivity index (χ2v) is 8.53. The van der Waals surface area contributed by atoms with Gasteiger partial charge in [0.15, 0.2) is 0 Å². The van der Waals surface area contributed by atoms with Gasteiger partial charge in [-0.15, -0.1) is 6.42 Å². The van der Waals surface area contributed by atoms with Gasteiger partial charge in [-0.2, -0.15) is 0 Å². The predicted molar refractivity (Wildman–Crippen MR) is 139 cm³/mol. The van der Waals surface area contributed by atoms with E-state index in [1.807, 2.05) is 6.07 Å². The Balaban J connectivity index is 1.57. The molecule has 1 heterocycles. The Morgan fingerprint density at radius 1 is 1.11 bits per heavy atom. The molecule has 4 amide bonds. The quantitative estimate of drug-likeness (QED) is 0.244. The second kappa shape index (κ2) is 12.0. The first-order valence-corrected chi connectivity index (χ1v) is 11.9. The van der Waals surface area contributed by atoms with E-state index in [1.165, 1.54) is 12.1 Å². The van der Waals surface area contributed by atoms with E-state index in [2.05, 4.69) is 16.6 Å². The van der Waals surface area contributed by atoms with Crippen LogP contribution in [0.25, 0.3) is 0 Å². The van der Waals surface area contributed by atoms with Crippen LogP contribution in [-0.2, 0) is 20.7 Å². The molecule has 0 radical (unpaired) electrons. The topological polar surface area (TPSA) is 97.0 Å². The number of imide groups is 1. The van der Waals surface area contributed by atoms with Crippen molar-refractivity contribution in [2.45, 2.75) is 18.5 Å². The first kappa shape index (κ1) is 26.4. The van der Waals surface area contributed by atoms with Crippen LogP contribution in [0.3, 0.4) is 0 Å². The number of hydrogen-bond donors (Lipinski definition) is 2. The van der Waals surface area contributed by atoms with Crippen LogP contribution in [0, 0.1) is 18.2 Å². The van der Waals surface area contributed by atoms with Gasteiger partial charge in [0, 0.05) is 19.1 Å². The van der Waals surface area contributed by atoms with E-state index in [0.29, 0.717) is 30.1 Å². The lowest BCUT2D eigenvalue weighted by Gasteiger charge is -2.25. The minimum absolute atomic E-state index is 0.0366. The van der Waals surface area contributed by atoms with Gasteiger partial charge in [0.2, 0.25) is 5.91 Å². The van der Waals surface area contributed by atoms with Gasteiger partial charge < -0.3 is 20.1 Å². The van der Waals surface area contributed by atoms with Crippen LogP contribution in [0.5, 0.6) is 5.75 Å². The standard InChI is InChI=1S/C29H26FN3O5/c1-3-19-9-14-24(23(30)17-19)31-27(34)25(18-20-7-5-4-6-8-20)33-28(35)26(32-29(33)36)21-10-12-22(13-11-21)38-16-15-37-2/h1,4-14,17,25-26H,15-16,18H2,2H3,(H,31,34)(H,32,36). The maximum atomic E-state index is 14.5. The van der Waals surface area contributed by atoms with Gasteiger partial charge in [-0.05, 0) is 41.5 Å². The number of amides is 4. The summed E-state index contributed by atoms with van der Waals surface area (Å²) in [7, 11) is 1.57. The van der Waals surface area contributed by atoms with Gasteiger partial charge >= 0.3 is 6.03 Å². The molecular formula is C29H26FN3O5. The fourth-order valence-electron chi connectivity index (χ4n) is 4.08. The fourth-order valence-corrected chi connectivity index (χ4v) is 4.08. The van der Waals surface area contributed by atoms with Crippen molar-refractivity contribution in [2.24, 2.45) is 0 Å². The van der Waals surface area contributed by atoms with Crippen LogP contribution in [-0.4, -0.2) is 49.1 Å². The van der Waals surface area contributed by atoms with Crippen molar-refractivity contribution in [2.75, 3.05) is 25.6 Å². The third-order valence-electron chi connectivity index (χ3n) is 6.02. The number of nitrogens with one attached hydrogen (secondary N) is 2. The highest BCUT2D eigenvalue weighted by molar-refractivity contribution is 6.09. The molecule has 0 bridgehead atoms. The Bertz CT molecular complexity index is 1350. The number of urea groups is 1. The normalized spacial score (nSPS) is 15.5. The SMILES string of the molecule is C#Cc1ccc(NC(=O)C(Cc2ccccc2)N2C(=O)NC(c3ccc(OCCOC)cc3)C2=O)c(F)c1. The largest absolute Gasteiger partial charge is 0.491 e. The zero-order valence-electron chi connectivity index (χ0n) is 20.6. The molecule has 8 nitrogen and oxygen atoms in total. The molecule has 2 atom stereocenters. The van der Waals surface area contributed by atoms with E-state index in [1.54, 1.807) is 55.6 Å². The molecule has 3 aromatic rings. The lowest BCUT2D eigenvalue weighted by molar-refractivity contribution is -0.134. The van der Waals surface area contributed by atoms with Crippen molar-refractivity contribution in [3.8, 4) is 18.1 Å². The monoisotopic (exact) mass is 515 g/mol. The smallest absolute Gasteiger partial charge is 0.325 e. The zero-order chi connectivity index (χ0) is 27.1. The van der Waals surface area contributed by atoms with Crippen molar-refractivity contribution >= 4 is 23.5 Å². The molecule has 0 aromatic heterocycles. The van der Waals surface area contributed by atoms with Crippen molar-refractivity contribution in [3.05, 3.63) is 95.3 Å². The van der Waals surface area contributed by atoms with E-state index >= 15 is 0 Å². The number of halogens is 1. The number of nitrogens with zero attached hydrogens (tertiary/aromatic N) is 1. The molecule has 38 heavy (non-hydrogen) atoms. The summed E-state index contributed by atoms with van der Waals surface area (Å²) in [5.74, 6) is 0.869. The Morgan fingerprint density at radius 2 is 1.84 bits per heavy atom. The number of ether oxygens (including phenoxy) is 2.